The van der Waals surface area contributed by atoms with Gasteiger partial charge in [0, 0.05) is 17.9 Å². The highest BCUT2D eigenvalue weighted by molar-refractivity contribution is 7.13. The molecule has 76 valence electrons. The van der Waals surface area contributed by atoms with Gasteiger partial charge in [-0.25, -0.2) is 4.79 Å². The Morgan fingerprint density at radius 3 is 2.79 bits per heavy atom. The first kappa shape index (κ1) is 10.6. The van der Waals surface area contributed by atoms with Gasteiger partial charge in [-0.3, -0.25) is 10.1 Å². The van der Waals surface area contributed by atoms with E-state index in [4.69, 9.17) is 10.2 Å². The van der Waals surface area contributed by atoms with E-state index in [1.54, 1.807) is 0 Å². The molecule has 1 aromatic heterocycles. The molecule has 0 saturated heterocycles. The van der Waals surface area contributed by atoms with E-state index in [0.29, 0.717) is 5.56 Å². The van der Waals surface area contributed by atoms with Crippen LogP contribution in [0.3, 0.4) is 0 Å². The van der Waals surface area contributed by atoms with Gasteiger partial charge in [-0.15, -0.1) is 0 Å². The van der Waals surface area contributed by atoms with Gasteiger partial charge >= 0.3 is 11.0 Å². The number of nitro groups is 1. The zero-order valence-corrected chi connectivity index (χ0v) is 7.73. The molecule has 1 rings (SSSR count). The van der Waals surface area contributed by atoms with Crippen molar-refractivity contribution in [2.45, 2.75) is 12.5 Å². The third-order valence-corrected chi connectivity index (χ3v) is 2.46. The number of aliphatic hydroxyl groups is 1. The van der Waals surface area contributed by atoms with E-state index >= 15 is 0 Å². The fourth-order valence-corrected chi connectivity index (χ4v) is 1.62. The van der Waals surface area contributed by atoms with Crippen LogP contribution in [0.1, 0.15) is 5.56 Å². The van der Waals surface area contributed by atoms with Gasteiger partial charge in [0.05, 0.1) is 4.92 Å². The van der Waals surface area contributed by atoms with E-state index in [9.17, 15) is 14.9 Å². The Morgan fingerprint density at radius 2 is 2.36 bits per heavy atom. The lowest BCUT2D eigenvalue weighted by Gasteiger charge is -2.01. The lowest BCUT2D eigenvalue weighted by atomic mass is 10.1. The van der Waals surface area contributed by atoms with Crippen molar-refractivity contribution in [2.24, 2.45) is 0 Å². The predicted octanol–water partition coefficient (Wildman–Crippen LogP) is 0.644. The number of carboxylic acid groups (broad SMARTS) is 1. The lowest BCUT2D eigenvalue weighted by molar-refractivity contribution is -0.380. The molecule has 0 aliphatic heterocycles. The number of nitrogens with zero attached hydrogens (tertiary/aromatic N) is 1. The summed E-state index contributed by atoms with van der Waals surface area (Å²) in [5.41, 5.74) is 0.455. The Bertz CT molecular complexity index is 361. The number of rotatable bonds is 4. The molecule has 1 unspecified atom stereocenters. The molecule has 0 radical (unpaired) electrons. The monoisotopic (exact) mass is 217 g/mol. The first-order valence-corrected chi connectivity index (χ1v) is 4.51. The largest absolute Gasteiger partial charge is 0.479 e. The number of carboxylic acids is 1. The summed E-state index contributed by atoms with van der Waals surface area (Å²) < 4.78 is 0. The molecule has 0 aromatic carbocycles. The molecule has 0 fully saturated rings. The van der Waals surface area contributed by atoms with E-state index in [1.165, 1.54) is 11.4 Å². The van der Waals surface area contributed by atoms with Gasteiger partial charge < -0.3 is 10.2 Å². The third kappa shape index (κ3) is 2.51. The van der Waals surface area contributed by atoms with E-state index in [-0.39, 0.29) is 11.4 Å². The molecule has 1 heterocycles. The number of aliphatic hydroxyl groups excluding tert-OH is 1. The van der Waals surface area contributed by atoms with Crippen molar-refractivity contribution in [3.63, 3.8) is 0 Å². The predicted molar refractivity (Wildman–Crippen MR) is 48.3 cm³/mol. The second kappa shape index (κ2) is 4.16. The third-order valence-electron chi connectivity index (χ3n) is 1.53. The minimum Gasteiger partial charge on any atom is -0.479 e. The van der Waals surface area contributed by atoms with Crippen molar-refractivity contribution in [3.8, 4) is 0 Å². The van der Waals surface area contributed by atoms with Crippen molar-refractivity contribution in [1.82, 2.24) is 0 Å². The molecule has 1 atom stereocenters. The van der Waals surface area contributed by atoms with E-state index < -0.39 is 17.0 Å². The second-order valence-corrected chi connectivity index (χ2v) is 3.50. The summed E-state index contributed by atoms with van der Waals surface area (Å²) >= 11 is 0.908. The van der Waals surface area contributed by atoms with Gasteiger partial charge in [-0.1, -0.05) is 11.3 Å². The molecule has 0 aliphatic carbocycles. The summed E-state index contributed by atoms with van der Waals surface area (Å²) in [6.45, 7) is 0. The summed E-state index contributed by atoms with van der Waals surface area (Å²) in [5.74, 6) is -1.33. The number of carbonyl (C=O) groups is 1. The molecule has 1 aromatic rings. The van der Waals surface area contributed by atoms with E-state index in [2.05, 4.69) is 0 Å². The van der Waals surface area contributed by atoms with Crippen LogP contribution < -0.4 is 0 Å². The average molecular weight is 217 g/mol. The minimum atomic E-state index is -1.51. The van der Waals surface area contributed by atoms with Crippen molar-refractivity contribution in [1.29, 1.82) is 0 Å². The van der Waals surface area contributed by atoms with Gasteiger partial charge in [-0.05, 0) is 5.56 Å². The highest BCUT2D eigenvalue weighted by Crippen LogP contribution is 2.23. The van der Waals surface area contributed by atoms with E-state index in [1.807, 2.05) is 0 Å². The fourth-order valence-electron chi connectivity index (χ4n) is 0.876. The molecule has 2 N–H and O–H groups in total. The normalized spacial score (nSPS) is 12.4. The van der Waals surface area contributed by atoms with Crippen LogP contribution in [-0.4, -0.2) is 27.2 Å². The van der Waals surface area contributed by atoms with Gasteiger partial charge in [-0.2, -0.15) is 0 Å². The zero-order chi connectivity index (χ0) is 10.7. The molecule has 0 amide bonds. The van der Waals surface area contributed by atoms with Crippen molar-refractivity contribution in [2.75, 3.05) is 0 Å². The quantitative estimate of drug-likeness (QED) is 0.569. The van der Waals surface area contributed by atoms with Gasteiger partial charge in [0.15, 0.2) is 6.10 Å². The van der Waals surface area contributed by atoms with Crippen molar-refractivity contribution >= 4 is 22.3 Å². The maximum Gasteiger partial charge on any atom is 0.332 e. The molecule has 0 saturated carbocycles. The van der Waals surface area contributed by atoms with Gasteiger partial charge in [0.2, 0.25) is 0 Å². The SMILES string of the molecule is O=C(O)C(O)Cc1csc([N+](=O)[O-])c1. The van der Waals surface area contributed by atoms with Gasteiger partial charge in [0.1, 0.15) is 0 Å². The second-order valence-electron chi connectivity index (χ2n) is 2.61. The number of aliphatic carboxylic acids is 1. The highest BCUT2D eigenvalue weighted by atomic mass is 32.1. The maximum atomic E-state index is 10.3. The van der Waals surface area contributed by atoms with Crippen LogP contribution in [0.15, 0.2) is 11.4 Å². The van der Waals surface area contributed by atoms with Crippen molar-refractivity contribution < 1.29 is 19.9 Å². The molecular weight excluding hydrogens is 210 g/mol. The van der Waals surface area contributed by atoms with Crippen LogP contribution in [0, 0.1) is 10.1 Å². The minimum absolute atomic E-state index is 0.0578. The summed E-state index contributed by atoms with van der Waals surface area (Å²) in [7, 11) is 0. The summed E-state index contributed by atoms with van der Waals surface area (Å²) in [5, 5.41) is 29.0. The maximum absolute atomic E-state index is 10.3. The first-order valence-electron chi connectivity index (χ1n) is 3.63. The van der Waals surface area contributed by atoms with Gasteiger partial charge in [0.25, 0.3) is 0 Å². The smallest absolute Gasteiger partial charge is 0.332 e. The zero-order valence-electron chi connectivity index (χ0n) is 6.91. The standard InChI is InChI=1S/C7H7NO5S/c9-5(7(10)11)1-4-2-6(8(12)13)14-3-4/h2-3,5,9H,1H2,(H,10,11). The molecule has 0 aliphatic rings. The Morgan fingerprint density at radius 1 is 1.71 bits per heavy atom. The number of hydrogen-bond donors (Lipinski definition) is 2. The van der Waals surface area contributed by atoms with Crippen LogP contribution in [-0.2, 0) is 11.2 Å². The molecule has 0 spiro atoms. The number of thiophene rings is 1. The molecule has 7 heteroatoms. The number of hydrogen-bond acceptors (Lipinski definition) is 5. The molecule has 0 bridgehead atoms. The summed E-state index contributed by atoms with van der Waals surface area (Å²) in [6.07, 6.45) is -1.62. The average Bonchev–Trinajstić information content (AvgIpc) is 2.52. The van der Waals surface area contributed by atoms with Crippen LogP contribution in [0.2, 0.25) is 0 Å². The Balaban J connectivity index is 2.69. The van der Waals surface area contributed by atoms with E-state index in [0.717, 1.165) is 11.3 Å². The van der Waals surface area contributed by atoms with Crippen LogP contribution in [0.4, 0.5) is 5.00 Å². The molecule has 6 nitrogen and oxygen atoms in total. The van der Waals surface area contributed by atoms with Crippen LogP contribution in [0.25, 0.3) is 0 Å². The van der Waals surface area contributed by atoms with Crippen molar-refractivity contribution in [3.05, 3.63) is 27.1 Å². The fraction of sp³-hybridized carbons (Fsp3) is 0.286. The lowest BCUT2D eigenvalue weighted by Crippen LogP contribution is -2.21. The molecular formula is C7H7NO5S. The first-order chi connectivity index (χ1) is 6.50. The topological polar surface area (TPSA) is 101 Å². The Labute approximate surface area is 82.6 Å². The molecule has 14 heavy (non-hydrogen) atoms. The van der Waals surface area contributed by atoms with Crippen LogP contribution >= 0.6 is 11.3 Å². The highest BCUT2D eigenvalue weighted by Gasteiger charge is 2.17. The van der Waals surface area contributed by atoms with Crippen LogP contribution in [0.5, 0.6) is 0 Å². The summed E-state index contributed by atoms with van der Waals surface area (Å²) in [6, 6.07) is 1.26. The Kier molecular flexibility index (Phi) is 3.15. The Hall–Kier alpha value is -1.47. The summed E-state index contributed by atoms with van der Waals surface area (Å²) in [4.78, 5) is 20.0.